The zero-order chi connectivity index (χ0) is 14.3. The van der Waals surface area contributed by atoms with E-state index < -0.39 is 0 Å². The van der Waals surface area contributed by atoms with Crippen molar-refractivity contribution >= 4 is 17.7 Å². The van der Waals surface area contributed by atoms with E-state index in [1.165, 1.54) is 11.1 Å². The van der Waals surface area contributed by atoms with Gasteiger partial charge in [0.25, 0.3) is 0 Å². The second-order valence-corrected chi connectivity index (χ2v) is 6.27. The molecule has 0 aliphatic heterocycles. The minimum absolute atomic E-state index is 0.0547. The van der Waals surface area contributed by atoms with Gasteiger partial charge in [0, 0.05) is 5.25 Å². The molecule has 2 unspecified atom stereocenters. The van der Waals surface area contributed by atoms with Crippen molar-refractivity contribution in [3.8, 4) is 0 Å². The Balaban J connectivity index is 2.42. The predicted octanol–water partition coefficient (Wildman–Crippen LogP) is 2.64. The first-order valence-corrected chi connectivity index (χ1v) is 7.76. The van der Waals surface area contributed by atoms with Crippen LogP contribution in [0.3, 0.4) is 0 Å². The van der Waals surface area contributed by atoms with Crippen LogP contribution in [0.1, 0.15) is 37.4 Å². The Hall–Kier alpha value is -1.000. The van der Waals surface area contributed by atoms with Crippen LogP contribution in [-0.4, -0.2) is 23.5 Å². The van der Waals surface area contributed by atoms with Gasteiger partial charge in [-0.2, -0.15) is 0 Å². The van der Waals surface area contributed by atoms with Crippen LogP contribution < -0.4 is 11.1 Å². The Kier molecular flexibility index (Phi) is 6.95. The standard InChI is InChI=1S/C15H24N2OS/c1-11-6-4-5-7-14(11)13(3)17-15(18)10-19-12(2)8-9-16/h4-7,12-13H,8-10,16H2,1-3H3,(H,17,18). The fourth-order valence-electron chi connectivity index (χ4n) is 1.97. The molecule has 3 nitrogen and oxygen atoms in total. The summed E-state index contributed by atoms with van der Waals surface area (Å²) in [7, 11) is 0. The van der Waals surface area contributed by atoms with E-state index in [9.17, 15) is 4.79 Å². The third kappa shape index (κ3) is 5.66. The van der Waals surface area contributed by atoms with E-state index in [-0.39, 0.29) is 11.9 Å². The van der Waals surface area contributed by atoms with E-state index in [0.29, 0.717) is 17.5 Å². The summed E-state index contributed by atoms with van der Waals surface area (Å²) in [4.78, 5) is 11.9. The molecule has 1 rings (SSSR count). The Morgan fingerprint density at radius 3 is 2.68 bits per heavy atom. The zero-order valence-corrected chi connectivity index (χ0v) is 12.8. The fraction of sp³-hybridized carbons (Fsp3) is 0.533. The van der Waals surface area contributed by atoms with Crippen LogP contribution in [0, 0.1) is 6.92 Å². The van der Waals surface area contributed by atoms with E-state index in [0.717, 1.165) is 6.42 Å². The number of benzene rings is 1. The summed E-state index contributed by atoms with van der Waals surface area (Å²) in [5, 5.41) is 3.48. The number of hydrogen-bond donors (Lipinski definition) is 2. The van der Waals surface area contributed by atoms with Gasteiger partial charge < -0.3 is 11.1 Å². The molecule has 1 aromatic rings. The Bertz CT molecular complexity index is 409. The Morgan fingerprint density at radius 1 is 1.37 bits per heavy atom. The lowest BCUT2D eigenvalue weighted by Crippen LogP contribution is -2.29. The highest BCUT2D eigenvalue weighted by Gasteiger charge is 2.12. The van der Waals surface area contributed by atoms with Gasteiger partial charge in [-0.25, -0.2) is 0 Å². The third-order valence-electron chi connectivity index (χ3n) is 3.10. The van der Waals surface area contributed by atoms with Crippen LogP contribution in [-0.2, 0) is 4.79 Å². The second-order valence-electron chi connectivity index (χ2n) is 4.84. The van der Waals surface area contributed by atoms with Gasteiger partial charge >= 0.3 is 0 Å². The van der Waals surface area contributed by atoms with Crippen molar-refractivity contribution in [3.63, 3.8) is 0 Å². The largest absolute Gasteiger partial charge is 0.349 e. The van der Waals surface area contributed by atoms with Gasteiger partial charge in [0.05, 0.1) is 11.8 Å². The smallest absolute Gasteiger partial charge is 0.230 e. The third-order valence-corrected chi connectivity index (χ3v) is 4.34. The highest BCUT2D eigenvalue weighted by Crippen LogP contribution is 2.17. The molecular weight excluding hydrogens is 256 g/mol. The quantitative estimate of drug-likeness (QED) is 0.807. The monoisotopic (exact) mass is 280 g/mol. The minimum Gasteiger partial charge on any atom is -0.349 e. The van der Waals surface area contributed by atoms with Crippen molar-refractivity contribution in [2.24, 2.45) is 5.73 Å². The Labute approximate surface area is 120 Å². The number of rotatable bonds is 7. The van der Waals surface area contributed by atoms with Gasteiger partial charge in [-0.05, 0) is 37.9 Å². The molecule has 1 aromatic carbocycles. The molecule has 0 spiro atoms. The fourth-order valence-corrected chi connectivity index (χ4v) is 2.79. The molecule has 3 N–H and O–H groups in total. The average molecular weight is 280 g/mol. The maximum absolute atomic E-state index is 11.9. The highest BCUT2D eigenvalue weighted by atomic mass is 32.2. The van der Waals surface area contributed by atoms with Crippen molar-refractivity contribution in [2.45, 2.75) is 38.5 Å². The van der Waals surface area contributed by atoms with E-state index in [1.54, 1.807) is 11.8 Å². The number of nitrogens with one attached hydrogen (secondary N) is 1. The van der Waals surface area contributed by atoms with Crippen LogP contribution in [0.4, 0.5) is 0 Å². The summed E-state index contributed by atoms with van der Waals surface area (Å²) in [6.07, 6.45) is 0.950. The van der Waals surface area contributed by atoms with Gasteiger partial charge in [0.1, 0.15) is 0 Å². The lowest BCUT2D eigenvalue weighted by molar-refractivity contribution is -0.119. The molecular formula is C15H24N2OS. The van der Waals surface area contributed by atoms with Crippen molar-refractivity contribution in [3.05, 3.63) is 35.4 Å². The number of aryl methyl sites for hydroxylation is 1. The van der Waals surface area contributed by atoms with Crippen molar-refractivity contribution in [2.75, 3.05) is 12.3 Å². The molecule has 0 radical (unpaired) electrons. The summed E-state index contributed by atoms with van der Waals surface area (Å²) in [6.45, 7) is 6.87. The van der Waals surface area contributed by atoms with E-state index >= 15 is 0 Å². The molecule has 0 aliphatic rings. The van der Waals surface area contributed by atoms with Gasteiger partial charge in [-0.1, -0.05) is 31.2 Å². The SMILES string of the molecule is Cc1ccccc1C(C)NC(=O)CSC(C)CCN. The zero-order valence-electron chi connectivity index (χ0n) is 12.0. The number of thioether (sulfide) groups is 1. The van der Waals surface area contributed by atoms with E-state index in [1.807, 2.05) is 19.1 Å². The first-order valence-electron chi connectivity index (χ1n) is 6.71. The molecule has 0 fully saturated rings. The molecule has 0 heterocycles. The molecule has 0 bridgehead atoms. The summed E-state index contributed by atoms with van der Waals surface area (Å²) in [5.41, 5.74) is 7.88. The molecule has 4 heteroatoms. The number of amides is 1. The summed E-state index contributed by atoms with van der Waals surface area (Å²) < 4.78 is 0. The molecule has 0 aliphatic carbocycles. The lowest BCUT2D eigenvalue weighted by atomic mass is 10.0. The first-order chi connectivity index (χ1) is 9.04. The van der Waals surface area contributed by atoms with Crippen LogP contribution >= 0.6 is 11.8 Å². The summed E-state index contributed by atoms with van der Waals surface area (Å²) in [5.74, 6) is 0.585. The molecule has 19 heavy (non-hydrogen) atoms. The molecule has 106 valence electrons. The van der Waals surface area contributed by atoms with Crippen LogP contribution in [0.15, 0.2) is 24.3 Å². The van der Waals surface area contributed by atoms with Crippen molar-refractivity contribution in [1.29, 1.82) is 0 Å². The molecule has 2 atom stereocenters. The molecule has 0 saturated carbocycles. The molecule has 0 saturated heterocycles. The normalized spacial score (nSPS) is 13.9. The van der Waals surface area contributed by atoms with Gasteiger partial charge in [0.2, 0.25) is 5.91 Å². The number of hydrogen-bond acceptors (Lipinski definition) is 3. The van der Waals surface area contributed by atoms with Gasteiger partial charge in [0.15, 0.2) is 0 Å². The summed E-state index contributed by atoms with van der Waals surface area (Å²) in [6, 6.07) is 8.19. The van der Waals surface area contributed by atoms with Crippen LogP contribution in [0.2, 0.25) is 0 Å². The molecule has 0 aromatic heterocycles. The number of nitrogens with two attached hydrogens (primary N) is 1. The minimum atomic E-state index is 0.0547. The predicted molar refractivity (Wildman–Crippen MR) is 83.3 cm³/mol. The number of carbonyl (C=O) groups excluding carboxylic acids is 1. The maximum Gasteiger partial charge on any atom is 0.230 e. The lowest BCUT2D eigenvalue weighted by Gasteiger charge is -2.17. The highest BCUT2D eigenvalue weighted by molar-refractivity contribution is 8.00. The topological polar surface area (TPSA) is 55.1 Å². The van der Waals surface area contributed by atoms with E-state index in [4.69, 9.17) is 5.73 Å². The second kappa shape index (κ2) is 8.23. The first kappa shape index (κ1) is 16.1. The molecule has 1 amide bonds. The van der Waals surface area contributed by atoms with Gasteiger partial charge in [-0.15, -0.1) is 11.8 Å². The van der Waals surface area contributed by atoms with Crippen LogP contribution in [0.5, 0.6) is 0 Å². The summed E-state index contributed by atoms with van der Waals surface area (Å²) >= 11 is 1.66. The van der Waals surface area contributed by atoms with Crippen LogP contribution in [0.25, 0.3) is 0 Å². The van der Waals surface area contributed by atoms with Crippen molar-refractivity contribution < 1.29 is 4.79 Å². The Morgan fingerprint density at radius 2 is 2.05 bits per heavy atom. The number of carbonyl (C=O) groups is 1. The van der Waals surface area contributed by atoms with Crippen molar-refractivity contribution in [1.82, 2.24) is 5.32 Å². The average Bonchev–Trinajstić information content (AvgIpc) is 2.37. The van der Waals surface area contributed by atoms with Gasteiger partial charge in [-0.3, -0.25) is 4.79 Å². The maximum atomic E-state index is 11.9. The van der Waals surface area contributed by atoms with E-state index in [2.05, 4.69) is 31.3 Å².